The van der Waals surface area contributed by atoms with Gasteiger partial charge in [0.2, 0.25) is 6.79 Å². The normalized spacial score (nSPS) is 22.9. The van der Waals surface area contributed by atoms with E-state index in [0.717, 1.165) is 37.4 Å². The van der Waals surface area contributed by atoms with E-state index in [1.165, 1.54) is 17.5 Å². The average Bonchev–Trinajstić information content (AvgIpc) is 3.31. The van der Waals surface area contributed by atoms with Gasteiger partial charge in [-0.25, -0.2) is 0 Å². The summed E-state index contributed by atoms with van der Waals surface area (Å²) in [4.78, 5) is 6.77. The molecule has 1 fully saturated rings. The van der Waals surface area contributed by atoms with Crippen molar-refractivity contribution in [2.24, 2.45) is 5.92 Å². The van der Waals surface area contributed by atoms with Gasteiger partial charge in [-0.2, -0.15) is 0 Å². The van der Waals surface area contributed by atoms with Crippen LogP contribution in [0.15, 0.2) is 42.7 Å². The molecule has 5 nitrogen and oxygen atoms in total. The zero-order chi connectivity index (χ0) is 18.6. The molecular weight excluding hydrogens is 338 g/mol. The van der Waals surface area contributed by atoms with E-state index < -0.39 is 0 Å². The van der Waals surface area contributed by atoms with Crippen molar-refractivity contribution in [3.63, 3.8) is 0 Å². The van der Waals surface area contributed by atoms with E-state index in [4.69, 9.17) is 9.47 Å². The predicted octanol–water partition coefficient (Wildman–Crippen LogP) is 3.41. The van der Waals surface area contributed by atoms with Gasteiger partial charge in [-0.15, -0.1) is 0 Å². The third-order valence-corrected chi connectivity index (χ3v) is 5.83. The fraction of sp³-hybridized carbons (Fsp3) is 0.500. The molecular formula is C22H29N3O2. The number of fused-ring (bicyclic) bond motifs is 1. The quantitative estimate of drug-likeness (QED) is 0.813. The van der Waals surface area contributed by atoms with E-state index in [-0.39, 0.29) is 0 Å². The Morgan fingerprint density at radius 3 is 3.00 bits per heavy atom. The standard InChI is InChI=1S/C22H29N3O2/c1-16(5-6-17-7-8-20-21(12-17)27-15-26-20)24-14-19-9-11-25(2)22(19)18-4-3-10-23-13-18/h3-4,7-8,10,12-13,16,19,22,24H,5-6,9,11,14-15H2,1-2H3/t16?,19-,22-/m0/s1. The molecule has 0 saturated carbocycles. The van der Waals surface area contributed by atoms with Crippen molar-refractivity contribution < 1.29 is 9.47 Å². The molecule has 0 aliphatic carbocycles. The van der Waals surface area contributed by atoms with Crippen LogP contribution in [0.25, 0.3) is 0 Å². The molecule has 5 heteroatoms. The molecule has 27 heavy (non-hydrogen) atoms. The molecule has 2 aliphatic rings. The van der Waals surface area contributed by atoms with E-state index in [9.17, 15) is 0 Å². The van der Waals surface area contributed by atoms with E-state index in [2.05, 4.69) is 47.4 Å². The van der Waals surface area contributed by atoms with Crippen molar-refractivity contribution in [3.8, 4) is 11.5 Å². The van der Waals surface area contributed by atoms with Gasteiger partial charge in [0.05, 0.1) is 0 Å². The van der Waals surface area contributed by atoms with Gasteiger partial charge in [0.1, 0.15) is 0 Å². The lowest BCUT2D eigenvalue weighted by Crippen LogP contribution is -2.34. The maximum atomic E-state index is 5.48. The Kier molecular flexibility index (Phi) is 5.60. The van der Waals surface area contributed by atoms with Gasteiger partial charge in [-0.05, 0) is 75.0 Å². The van der Waals surface area contributed by atoms with Crippen LogP contribution >= 0.6 is 0 Å². The molecule has 1 saturated heterocycles. The molecule has 0 spiro atoms. The lowest BCUT2D eigenvalue weighted by Gasteiger charge is -2.26. The van der Waals surface area contributed by atoms with Crippen molar-refractivity contribution >= 4 is 0 Å². The van der Waals surface area contributed by atoms with E-state index in [0.29, 0.717) is 24.8 Å². The van der Waals surface area contributed by atoms with Crippen LogP contribution < -0.4 is 14.8 Å². The molecule has 1 aromatic carbocycles. The Balaban J connectivity index is 1.28. The van der Waals surface area contributed by atoms with E-state index >= 15 is 0 Å². The van der Waals surface area contributed by atoms with Gasteiger partial charge in [0.25, 0.3) is 0 Å². The first-order chi connectivity index (χ1) is 13.2. The maximum absolute atomic E-state index is 5.48. The number of aromatic nitrogens is 1. The number of aryl methyl sites for hydroxylation is 1. The van der Waals surface area contributed by atoms with Gasteiger partial charge >= 0.3 is 0 Å². The molecule has 0 bridgehead atoms. The Morgan fingerprint density at radius 1 is 1.26 bits per heavy atom. The highest BCUT2D eigenvalue weighted by molar-refractivity contribution is 5.44. The van der Waals surface area contributed by atoms with E-state index in [1.807, 2.05) is 24.5 Å². The second-order valence-electron chi connectivity index (χ2n) is 7.80. The highest BCUT2D eigenvalue weighted by atomic mass is 16.7. The minimum atomic E-state index is 0.338. The summed E-state index contributed by atoms with van der Waals surface area (Å²) in [5.74, 6) is 2.37. The van der Waals surface area contributed by atoms with Crippen LogP contribution in [0, 0.1) is 5.92 Å². The number of likely N-dealkylation sites (tertiary alicyclic amines) is 1. The van der Waals surface area contributed by atoms with Crippen LogP contribution in [-0.2, 0) is 6.42 Å². The topological polar surface area (TPSA) is 46.6 Å². The number of pyridine rings is 1. The fourth-order valence-corrected chi connectivity index (χ4v) is 4.25. The predicted molar refractivity (Wildman–Crippen MR) is 106 cm³/mol. The first-order valence-corrected chi connectivity index (χ1v) is 9.93. The van der Waals surface area contributed by atoms with Gasteiger partial charge in [0, 0.05) is 31.0 Å². The third kappa shape index (κ3) is 4.25. The highest BCUT2D eigenvalue weighted by Gasteiger charge is 2.32. The van der Waals surface area contributed by atoms with Crippen molar-refractivity contribution in [1.29, 1.82) is 0 Å². The van der Waals surface area contributed by atoms with Gasteiger partial charge in [-0.1, -0.05) is 12.1 Å². The van der Waals surface area contributed by atoms with Crippen molar-refractivity contribution in [3.05, 3.63) is 53.9 Å². The van der Waals surface area contributed by atoms with Crippen LogP contribution in [0.1, 0.15) is 36.9 Å². The van der Waals surface area contributed by atoms with Crippen LogP contribution in [0.3, 0.4) is 0 Å². The van der Waals surface area contributed by atoms with Crippen LogP contribution in [0.4, 0.5) is 0 Å². The molecule has 0 radical (unpaired) electrons. The van der Waals surface area contributed by atoms with Crippen LogP contribution in [-0.4, -0.2) is 42.9 Å². The molecule has 4 rings (SSSR count). The first-order valence-electron chi connectivity index (χ1n) is 9.93. The molecule has 1 aromatic heterocycles. The maximum Gasteiger partial charge on any atom is 0.231 e. The monoisotopic (exact) mass is 367 g/mol. The third-order valence-electron chi connectivity index (χ3n) is 5.83. The smallest absolute Gasteiger partial charge is 0.231 e. The zero-order valence-electron chi connectivity index (χ0n) is 16.2. The molecule has 2 aromatic rings. The highest BCUT2D eigenvalue weighted by Crippen LogP contribution is 2.35. The molecule has 144 valence electrons. The summed E-state index contributed by atoms with van der Waals surface area (Å²) < 4.78 is 10.9. The SMILES string of the molecule is CC(CCc1ccc2c(c1)OCO2)NC[C@@H]1CCN(C)[C@H]1c1cccnc1. The van der Waals surface area contributed by atoms with Crippen LogP contribution in [0.5, 0.6) is 11.5 Å². The Labute approximate surface area is 161 Å². The molecule has 3 atom stereocenters. The number of hydrogen-bond donors (Lipinski definition) is 1. The molecule has 1 N–H and O–H groups in total. The number of rotatable bonds is 7. The Bertz CT molecular complexity index is 752. The lowest BCUT2D eigenvalue weighted by atomic mass is 9.94. The lowest BCUT2D eigenvalue weighted by molar-refractivity contribution is 0.174. The number of nitrogens with one attached hydrogen (secondary N) is 1. The van der Waals surface area contributed by atoms with Crippen LogP contribution in [0.2, 0.25) is 0 Å². The minimum Gasteiger partial charge on any atom is -0.454 e. The fourth-order valence-electron chi connectivity index (χ4n) is 4.25. The summed E-state index contributed by atoms with van der Waals surface area (Å²) in [7, 11) is 2.22. The van der Waals surface area contributed by atoms with Crippen molar-refractivity contribution in [2.45, 2.75) is 38.3 Å². The number of benzene rings is 1. The first kappa shape index (κ1) is 18.3. The van der Waals surface area contributed by atoms with Gasteiger partial charge in [0.15, 0.2) is 11.5 Å². The second-order valence-corrected chi connectivity index (χ2v) is 7.80. The Hall–Kier alpha value is -2.11. The summed E-state index contributed by atoms with van der Waals surface area (Å²) in [5, 5.41) is 3.76. The Morgan fingerprint density at radius 2 is 2.15 bits per heavy atom. The summed E-state index contributed by atoms with van der Waals surface area (Å²) in [5.41, 5.74) is 2.64. The second kappa shape index (κ2) is 8.28. The molecule has 2 aliphatic heterocycles. The van der Waals surface area contributed by atoms with Crippen molar-refractivity contribution in [1.82, 2.24) is 15.2 Å². The molecule has 1 unspecified atom stereocenters. The summed E-state index contributed by atoms with van der Waals surface area (Å²) in [6, 6.07) is 11.5. The van der Waals surface area contributed by atoms with Gasteiger partial charge in [-0.3, -0.25) is 9.88 Å². The number of hydrogen-bond acceptors (Lipinski definition) is 5. The van der Waals surface area contributed by atoms with E-state index in [1.54, 1.807) is 0 Å². The van der Waals surface area contributed by atoms with Gasteiger partial charge < -0.3 is 14.8 Å². The number of ether oxygens (including phenoxy) is 2. The summed E-state index contributed by atoms with van der Waals surface area (Å²) in [6.07, 6.45) is 7.26. The molecule has 3 heterocycles. The summed E-state index contributed by atoms with van der Waals surface area (Å²) >= 11 is 0. The minimum absolute atomic E-state index is 0.338. The average molecular weight is 367 g/mol. The number of nitrogens with zero attached hydrogens (tertiary/aromatic N) is 2. The zero-order valence-corrected chi connectivity index (χ0v) is 16.2. The summed E-state index contributed by atoms with van der Waals surface area (Å²) in [6.45, 7) is 4.82. The molecule has 0 amide bonds. The largest absolute Gasteiger partial charge is 0.454 e. The van der Waals surface area contributed by atoms with Crippen molar-refractivity contribution in [2.75, 3.05) is 26.9 Å².